The summed E-state index contributed by atoms with van der Waals surface area (Å²) in [5.41, 5.74) is 0. The van der Waals surface area contributed by atoms with Crippen LogP contribution in [0.5, 0.6) is 0 Å². The Balaban J connectivity index is 0. The third-order valence-corrected chi connectivity index (χ3v) is 2.30. The predicted octanol–water partition coefficient (Wildman–Crippen LogP) is 0.731. The van der Waals surface area contributed by atoms with Crippen LogP contribution in [-0.4, -0.2) is 74.1 Å². The molecule has 0 fully saturated rings. The summed E-state index contributed by atoms with van der Waals surface area (Å²) < 4.78 is 0. The van der Waals surface area contributed by atoms with Crippen LogP contribution in [0.15, 0.2) is 0 Å². The fourth-order valence-corrected chi connectivity index (χ4v) is 1.35. The van der Waals surface area contributed by atoms with Gasteiger partial charge in [-0.15, -0.1) is 0 Å². The highest BCUT2D eigenvalue weighted by Gasteiger charge is 2.10. The lowest BCUT2D eigenvalue weighted by molar-refractivity contribution is -0.141. The minimum absolute atomic E-state index is 0.133. The summed E-state index contributed by atoms with van der Waals surface area (Å²) in [6, 6.07) is 0.254. The largest absolute Gasteiger partial charge is 0.481 e. The topological polar surface area (TPSA) is 72.9 Å². The van der Waals surface area contributed by atoms with Crippen molar-refractivity contribution < 1.29 is 14.7 Å². The molecule has 1 unspecified atom stereocenters. The second-order valence-electron chi connectivity index (χ2n) is 5.78. The van der Waals surface area contributed by atoms with Crippen LogP contribution in [-0.2, 0) is 9.59 Å². The molecule has 0 aliphatic carbocycles. The SMILES string of the molecule is CC(C)NC(=O)CCN(C)C.CC(CN(C)C)C(=O)O. The van der Waals surface area contributed by atoms with E-state index in [1.165, 1.54) is 0 Å². The Hall–Kier alpha value is -1.14. The first-order valence-corrected chi connectivity index (χ1v) is 6.87. The number of amides is 1. The molecule has 6 nitrogen and oxygen atoms in total. The molecule has 0 aliphatic rings. The van der Waals surface area contributed by atoms with E-state index in [4.69, 9.17) is 5.11 Å². The molecule has 0 radical (unpaired) electrons. The van der Waals surface area contributed by atoms with Gasteiger partial charge in [0.25, 0.3) is 0 Å². The second-order valence-corrected chi connectivity index (χ2v) is 5.78. The molecule has 0 saturated carbocycles. The van der Waals surface area contributed by atoms with Crippen LogP contribution in [0.4, 0.5) is 0 Å². The van der Waals surface area contributed by atoms with E-state index in [1.807, 2.05) is 51.8 Å². The summed E-state index contributed by atoms with van der Waals surface area (Å²) in [5.74, 6) is -0.864. The number of hydrogen-bond acceptors (Lipinski definition) is 4. The van der Waals surface area contributed by atoms with Crippen molar-refractivity contribution in [2.24, 2.45) is 5.92 Å². The lowest BCUT2D eigenvalue weighted by Crippen LogP contribution is -2.32. The molecule has 0 aromatic rings. The van der Waals surface area contributed by atoms with Crippen molar-refractivity contribution in [3.63, 3.8) is 0 Å². The van der Waals surface area contributed by atoms with E-state index >= 15 is 0 Å². The fourth-order valence-electron chi connectivity index (χ4n) is 1.35. The molecule has 0 aliphatic heterocycles. The van der Waals surface area contributed by atoms with Crippen molar-refractivity contribution in [1.82, 2.24) is 15.1 Å². The fraction of sp³-hybridized carbons (Fsp3) is 0.857. The van der Waals surface area contributed by atoms with Gasteiger partial charge in [-0.3, -0.25) is 9.59 Å². The Kier molecular flexibility index (Phi) is 12.3. The summed E-state index contributed by atoms with van der Waals surface area (Å²) in [5, 5.41) is 11.2. The van der Waals surface area contributed by atoms with E-state index < -0.39 is 5.97 Å². The summed E-state index contributed by atoms with van der Waals surface area (Å²) >= 11 is 0. The van der Waals surface area contributed by atoms with Crippen molar-refractivity contribution >= 4 is 11.9 Å². The van der Waals surface area contributed by atoms with Crippen molar-refractivity contribution in [3.8, 4) is 0 Å². The van der Waals surface area contributed by atoms with Gasteiger partial charge in [-0.1, -0.05) is 6.92 Å². The molecule has 0 aromatic heterocycles. The Labute approximate surface area is 123 Å². The Bertz CT molecular complexity index is 279. The number of carbonyl (C=O) groups excluding carboxylic acids is 1. The number of carbonyl (C=O) groups is 2. The highest BCUT2D eigenvalue weighted by Crippen LogP contribution is 1.94. The Morgan fingerprint density at radius 3 is 1.80 bits per heavy atom. The van der Waals surface area contributed by atoms with E-state index in [0.29, 0.717) is 13.0 Å². The number of rotatable bonds is 7. The number of aliphatic carboxylic acids is 1. The van der Waals surface area contributed by atoms with Gasteiger partial charge in [-0.05, 0) is 42.0 Å². The Morgan fingerprint density at radius 2 is 1.55 bits per heavy atom. The molecule has 0 rings (SSSR count). The lowest BCUT2D eigenvalue weighted by atomic mass is 10.2. The monoisotopic (exact) mass is 289 g/mol. The maximum atomic E-state index is 11.0. The van der Waals surface area contributed by atoms with Gasteiger partial charge in [-0.25, -0.2) is 0 Å². The Morgan fingerprint density at radius 1 is 1.05 bits per heavy atom. The van der Waals surface area contributed by atoms with Gasteiger partial charge in [0.2, 0.25) is 5.91 Å². The van der Waals surface area contributed by atoms with Gasteiger partial charge >= 0.3 is 5.97 Å². The third kappa shape index (κ3) is 16.9. The molecular weight excluding hydrogens is 258 g/mol. The number of hydrogen-bond donors (Lipinski definition) is 2. The van der Waals surface area contributed by atoms with Gasteiger partial charge < -0.3 is 20.2 Å². The molecule has 1 atom stereocenters. The average Bonchev–Trinajstić information content (AvgIpc) is 2.25. The van der Waals surface area contributed by atoms with Crippen molar-refractivity contribution in [1.29, 1.82) is 0 Å². The maximum Gasteiger partial charge on any atom is 0.307 e. The summed E-state index contributed by atoms with van der Waals surface area (Å²) in [6.07, 6.45) is 0.588. The normalized spacial score (nSPS) is 12.1. The molecule has 1 amide bonds. The standard InChI is InChI=1S/C8H18N2O.C6H13NO2/c1-7(2)9-8(11)5-6-10(3)4;1-5(6(8)9)4-7(2)3/h7H,5-6H2,1-4H3,(H,9,11);5H,4H2,1-3H3,(H,8,9). The summed E-state index contributed by atoms with van der Waals surface area (Å²) in [6.45, 7) is 7.05. The quantitative estimate of drug-likeness (QED) is 0.723. The number of nitrogens with zero attached hydrogens (tertiary/aromatic N) is 2. The second kappa shape index (κ2) is 11.7. The molecule has 0 aromatic carbocycles. The maximum absolute atomic E-state index is 11.0. The number of carboxylic acid groups (broad SMARTS) is 1. The van der Waals surface area contributed by atoms with Crippen LogP contribution in [0.25, 0.3) is 0 Å². The van der Waals surface area contributed by atoms with Crippen LogP contribution in [0, 0.1) is 5.92 Å². The number of carboxylic acids is 1. The van der Waals surface area contributed by atoms with E-state index in [1.54, 1.807) is 6.92 Å². The van der Waals surface area contributed by atoms with Gasteiger partial charge in [0.15, 0.2) is 0 Å². The molecular formula is C14H31N3O3. The van der Waals surface area contributed by atoms with Crippen LogP contribution in [0.3, 0.4) is 0 Å². The van der Waals surface area contributed by atoms with Gasteiger partial charge in [0.1, 0.15) is 0 Å². The smallest absolute Gasteiger partial charge is 0.307 e. The van der Waals surface area contributed by atoms with Crippen LogP contribution in [0.2, 0.25) is 0 Å². The first-order chi connectivity index (χ1) is 9.06. The van der Waals surface area contributed by atoms with Crippen LogP contribution >= 0.6 is 0 Å². The van der Waals surface area contributed by atoms with Crippen molar-refractivity contribution in [2.45, 2.75) is 33.2 Å². The minimum atomic E-state index is -0.733. The van der Waals surface area contributed by atoms with Crippen LogP contribution in [0.1, 0.15) is 27.2 Å². The lowest BCUT2D eigenvalue weighted by Gasteiger charge is -2.11. The molecule has 0 bridgehead atoms. The molecule has 0 heterocycles. The van der Waals surface area contributed by atoms with E-state index in [0.717, 1.165) is 6.54 Å². The van der Waals surface area contributed by atoms with E-state index in [-0.39, 0.29) is 17.9 Å². The summed E-state index contributed by atoms with van der Waals surface area (Å²) in [4.78, 5) is 25.1. The van der Waals surface area contributed by atoms with E-state index in [2.05, 4.69) is 5.32 Å². The van der Waals surface area contributed by atoms with Gasteiger partial charge in [0, 0.05) is 25.6 Å². The predicted molar refractivity (Wildman–Crippen MR) is 81.8 cm³/mol. The first-order valence-electron chi connectivity index (χ1n) is 6.87. The average molecular weight is 289 g/mol. The number of nitrogens with one attached hydrogen (secondary N) is 1. The highest BCUT2D eigenvalue weighted by molar-refractivity contribution is 5.76. The zero-order valence-electron chi connectivity index (χ0n) is 13.9. The first kappa shape index (κ1) is 21.2. The zero-order chi connectivity index (χ0) is 16.3. The molecule has 120 valence electrons. The molecule has 2 N–H and O–H groups in total. The molecule has 6 heteroatoms. The van der Waals surface area contributed by atoms with Gasteiger partial charge in [-0.2, -0.15) is 0 Å². The zero-order valence-corrected chi connectivity index (χ0v) is 13.9. The molecule has 0 saturated heterocycles. The molecule has 20 heavy (non-hydrogen) atoms. The van der Waals surface area contributed by atoms with Crippen molar-refractivity contribution in [2.75, 3.05) is 41.3 Å². The minimum Gasteiger partial charge on any atom is -0.481 e. The van der Waals surface area contributed by atoms with E-state index in [9.17, 15) is 9.59 Å². The summed E-state index contributed by atoms with van der Waals surface area (Å²) in [7, 11) is 7.64. The third-order valence-electron chi connectivity index (χ3n) is 2.30. The van der Waals surface area contributed by atoms with Crippen molar-refractivity contribution in [3.05, 3.63) is 0 Å². The van der Waals surface area contributed by atoms with Gasteiger partial charge in [0.05, 0.1) is 5.92 Å². The highest BCUT2D eigenvalue weighted by atomic mass is 16.4. The van der Waals surface area contributed by atoms with Crippen LogP contribution < -0.4 is 5.32 Å². The molecule has 0 spiro atoms.